The number of piperidine rings is 1. The van der Waals surface area contributed by atoms with E-state index < -0.39 is 0 Å². The number of hydrogen-bond acceptors (Lipinski definition) is 3. The van der Waals surface area contributed by atoms with Gasteiger partial charge in [-0.05, 0) is 32.2 Å². The van der Waals surface area contributed by atoms with Gasteiger partial charge in [-0.3, -0.25) is 9.69 Å². The van der Waals surface area contributed by atoms with E-state index in [1.807, 2.05) is 0 Å². The van der Waals surface area contributed by atoms with Gasteiger partial charge in [0, 0.05) is 18.6 Å². The Morgan fingerprint density at radius 1 is 1.39 bits per heavy atom. The van der Waals surface area contributed by atoms with Gasteiger partial charge < -0.3 is 10.6 Å². The molecule has 4 heteroatoms. The fourth-order valence-electron chi connectivity index (χ4n) is 2.54. The van der Waals surface area contributed by atoms with E-state index in [4.69, 9.17) is 6.42 Å². The molecule has 0 bridgehead atoms. The van der Waals surface area contributed by atoms with Crippen LogP contribution >= 0.6 is 0 Å². The van der Waals surface area contributed by atoms with E-state index in [1.165, 1.54) is 32.1 Å². The molecule has 2 aliphatic rings. The lowest BCUT2D eigenvalue weighted by Gasteiger charge is -2.30. The van der Waals surface area contributed by atoms with Gasteiger partial charge in [-0.2, -0.15) is 0 Å². The number of hydrogen-bond donors (Lipinski definition) is 2. The Morgan fingerprint density at radius 2 is 2.22 bits per heavy atom. The van der Waals surface area contributed by atoms with E-state index >= 15 is 0 Å². The number of carbonyl (C=O) groups is 1. The summed E-state index contributed by atoms with van der Waals surface area (Å²) in [6, 6.07) is 1.17. The molecule has 18 heavy (non-hydrogen) atoms. The first-order valence-corrected chi connectivity index (χ1v) is 6.97. The summed E-state index contributed by atoms with van der Waals surface area (Å²) in [4.78, 5) is 14.0. The van der Waals surface area contributed by atoms with Crippen molar-refractivity contribution in [3.63, 3.8) is 0 Å². The van der Waals surface area contributed by atoms with Gasteiger partial charge >= 0.3 is 0 Å². The molecule has 1 heterocycles. The standard InChI is InChI=1S/C14H23N3O/c1-2-8-16-14(18)11-17(13-6-7-13)10-12-5-3-4-9-15-12/h1,12-13,15H,3-11H2,(H,16,18). The van der Waals surface area contributed by atoms with E-state index in [2.05, 4.69) is 21.5 Å². The molecule has 100 valence electrons. The monoisotopic (exact) mass is 249 g/mol. The molecular weight excluding hydrogens is 226 g/mol. The van der Waals surface area contributed by atoms with Crippen molar-refractivity contribution in [2.45, 2.75) is 44.2 Å². The van der Waals surface area contributed by atoms with Gasteiger partial charge in [0.2, 0.25) is 5.91 Å². The second-order valence-corrected chi connectivity index (χ2v) is 5.29. The SMILES string of the molecule is C#CCNC(=O)CN(CC1CCCCN1)C1CC1. The van der Waals surface area contributed by atoms with Gasteiger partial charge in [-0.15, -0.1) is 6.42 Å². The zero-order valence-electron chi connectivity index (χ0n) is 11.0. The Kier molecular flexibility index (Phi) is 5.03. The van der Waals surface area contributed by atoms with E-state index in [-0.39, 0.29) is 5.91 Å². The Bertz CT molecular complexity index is 313. The van der Waals surface area contributed by atoms with Crippen molar-refractivity contribution < 1.29 is 4.79 Å². The lowest BCUT2D eigenvalue weighted by Crippen LogP contribution is -2.47. The predicted octanol–water partition coefficient (Wildman–Crippen LogP) is 0.342. The molecule has 1 aliphatic carbocycles. The first-order chi connectivity index (χ1) is 8.79. The number of rotatable bonds is 6. The van der Waals surface area contributed by atoms with Gasteiger partial charge in [0.05, 0.1) is 13.1 Å². The summed E-state index contributed by atoms with van der Waals surface area (Å²) in [5.41, 5.74) is 0. The van der Waals surface area contributed by atoms with Crippen LogP contribution < -0.4 is 10.6 Å². The number of amides is 1. The molecule has 1 aliphatic heterocycles. The molecule has 0 aromatic rings. The minimum Gasteiger partial charge on any atom is -0.344 e. The zero-order chi connectivity index (χ0) is 12.8. The third-order valence-corrected chi connectivity index (χ3v) is 3.66. The third kappa shape index (κ3) is 4.32. The second kappa shape index (κ2) is 6.77. The molecule has 2 N–H and O–H groups in total. The van der Waals surface area contributed by atoms with E-state index in [9.17, 15) is 4.79 Å². The highest BCUT2D eigenvalue weighted by Crippen LogP contribution is 2.27. The van der Waals surface area contributed by atoms with Gasteiger partial charge in [-0.25, -0.2) is 0 Å². The number of nitrogens with zero attached hydrogens (tertiary/aromatic N) is 1. The van der Waals surface area contributed by atoms with Gasteiger partial charge in [0.15, 0.2) is 0 Å². The van der Waals surface area contributed by atoms with Crippen LogP contribution in [0.3, 0.4) is 0 Å². The Labute approximate surface area is 109 Å². The van der Waals surface area contributed by atoms with Crippen molar-refractivity contribution in [2.75, 3.05) is 26.2 Å². The quantitative estimate of drug-likeness (QED) is 0.667. The highest BCUT2D eigenvalue weighted by Gasteiger charge is 2.31. The first-order valence-electron chi connectivity index (χ1n) is 6.97. The van der Waals surface area contributed by atoms with Crippen LogP contribution in [0.15, 0.2) is 0 Å². The third-order valence-electron chi connectivity index (χ3n) is 3.66. The maximum atomic E-state index is 11.7. The van der Waals surface area contributed by atoms with E-state index in [1.54, 1.807) is 0 Å². The molecule has 0 aromatic heterocycles. The van der Waals surface area contributed by atoms with Crippen molar-refractivity contribution in [1.82, 2.24) is 15.5 Å². The molecule has 1 saturated carbocycles. The summed E-state index contributed by atoms with van der Waals surface area (Å²) in [5, 5.41) is 6.29. The van der Waals surface area contributed by atoms with E-state index in [0.29, 0.717) is 25.2 Å². The maximum absolute atomic E-state index is 11.7. The summed E-state index contributed by atoms with van der Waals surface area (Å²) >= 11 is 0. The van der Waals surface area contributed by atoms with Crippen molar-refractivity contribution in [3.05, 3.63) is 0 Å². The molecule has 2 rings (SSSR count). The molecule has 1 unspecified atom stereocenters. The normalized spacial score (nSPS) is 23.7. The summed E-state index contributed by atoms with van der Waals surface area (Å²) in [7, 11) is 0. The molecule has 0 aromatic carbocycles. The van der Waals surface area contributed by atoms with Crippen LogP contribution in [0.4, 0.5) is 0 Å². The molecule has 0 radical (unpaired) electrons. The average molecular weight is 249 g/mol. The molecule has 1 atom stereocenters. The van der Waals surface area contributed by atoms with Crippen LogP contribution in [-0.2, 0) is 4.79 Å². The van der Waals surface area contributed by atoms with E-state index in [0.717, 1.165) is 13.1 Å². The van der Waals surface area contributed by atoms with Crippen LogP contribution in [-0.4, -0.2) is 49.1 Å². The highest BCUT2D eigenvalue weighted by molar-refractivity contribution is 5.78. The molecule has 0 spiro atoms. The lowest BCUT2D eigenvalue weighted by atomic mass is 10.0. The minimum atomic E-state index is 0.0515. The fraction of sp³-hybridized carbons (Fsp3) is 0.786. The van der Waals surface area contributed by atoms with Crippen molar-refractivity contribution >= 4 is 5.91 Å². The van der Waals surface area contributed by atoms with Gasteiger partial charge in [0.1, 0.15) is 0 Å². The first kappa shape index (κ1) is 13.4. The van der Waals surface area contributed by atoms with Crippen LogP contribution in [0, 0.1) is 12.3 Å². The van der Waals surface area contributed by atoms with Crippen molar-refractivity contribution in [2.24, 2.45) is 0 Å². The lowest BCUT2D eigenvalue weighted by molar-refractivity contribution is -0.122. The second-order valence-electron chi connectivity index (χ2n) is 5.29. The summed E-state index contributed by atoms with van der Waals surface area (Å²) < 4.78 is 0. The molecule has 2 fully saturated rings. The summed E-state index contributed by atoms with van der Waals surface area (Å²) in [6.07, 6.45) is 11.4. The number of terminal acetylenes is 1. The van der Waals surface area contributed by atoms with Crippen LogP contribution in [0.1, 0.15) is 32.1 Å². The van der Waals surface area contributed by atoms with Crippen LogP contribution in [0.25, 0.3) is 0 Å². The Balaban J connectivity index is 1.76. The summed E-state index contributed by atoms with van der Waals surface area (Å²) in [5.74, 6) is 2.49. The predicted molar refractivity (Wildman–Crippen MR) is 72.1 cm³/mol. The average Bonchev–Trinajstić information content (AvgIpc) is 3.21. The van der Waals surface area contributed by atoms with Gasteiger partial charge in [-0.1, -0.05) is 12.3 Å². The molecule has 1 saturated heterocycles. The summed E-state index contributed by atoms with van der Waals surface area (Å²) in [6.45, 7) is 2.93. The Morgan fingerprint density at radius 3 is 2.83 bits per heavy atom. The number of nitrogens with one attached hydrogen (secondary N) is 2. The number of carbonyl (C=O) groups excluding carboxylic acids is 1. The minimum absolute atomic E-state index is 0.0515. The smallest absolute Gasteiger partial charge is 0.234 e. The zero-order valence-corrected chi connectivity index (χ0v) is 11.0. The topological polar surface area (TPSA) is 44.4 Å². The highest BCUT2D eigenvalue weighted by atomic mass is 16.2. The molecule has 4 nitrogen and oxygen atoms in total. The molecule has 1 amide bonds. The van der Waals surface area contributed by atoms with Crippen molar-refractivity contribution in [1.29, 1.82) is 0 Å². The van der Waals surface area contributed by atoms with Crippen molar-refractivity contribution in [3.8, 4) is 12.3 Å². The van der Waals surface area contributed by atoms with Crippen LogP contribution in [0.5, 0.6) is 0 Å². The van der Waals surface area contributed by atoms with Crippen LogP contribution in [0.2, 0.25) is 0 Å². The van der Waals surface area contributed by atoms with Gasteiger partial charge in [0.25, 0.3) is 0 Å². The molecular formula is C14H23N3O. The largest absolute Gasteiger partial charge is 0.344 e. The Hall–Kier alpha value is -1.05. The maximum Gasteiger partial charge on any atom is 0.234 e. The fourth-order valence-corrected chi connectivity index (χ4v) is 2.54.